The number of rotatable bonds is 16. The van der Waals surface area contributed by atoms with Crippen molar-refractivity contribution in [3.63, 3.8) is 0 Å². The van der Waals surface area contributed by atoms with Crippen LogP contribution in [-0.2, 0) is 0 Å². The maximum Gasteiger partial charge on any atom is 0.0171 e. The molecule has 24 heavy (non-hydrogen) atoms. The van der Waals surface area contributed by atoms with Gasteiger partial charge in [-0.3, -0.25) is 0 Å². The van der Waals surface area contributed by atoms with Crippen molar-refractivity contribution in [2.75, 3.05) is 13.6 Å². The smallest absolute Gasteiger partial charge is 0.0171 e. The summed E-state index contributed by atoms with van der Waals surface area (Å²) in [4.78, 5) is 2.36. The normalized spacial score (nSPS) is 12.4. The lowest BCUT2D eigenvalue weighted by atomic mass is 9.98. The number of allylic oxidation sites excluding steroid dienone is 2. The van der Waals surface area contributed by atoms with Gasteiger partial charge >= 0.3 is 0 Å². The van der Waals surface area contributed by atoms with Crippen LogP contribution in [0.2, 0.25) is 0 Å². The van der Waals surface area contributed by atoms with Crippen molar-refractivity contribution in [1.29, 1.82) is 0 Å². The number of hydrogen-bond donors (Lipinski definition) is 0. The van der Waals surface area contributed by atoms with Crippen LogP contribution in [0, 0.1) is 11.8 Å². The number of nitrogens with zero attached hydrogens (tertiary/aromatic N) is 1. The second kappa shape index (κ2) is 14.6. The van der Waals surface area contributed by atoms with Gasteiger partial charge in [-0.25, -0.2) is 0 Å². The highest BCUT2D eigenvalue weighted by Crippen LogP contribution is 2.18. The van der Waals surface area contributed by atoms with Crippen molar-refractivity contribution in [3.05, 3.63) is 24.4 Å². The first-order valence-corrected chi connectivity index (χ1v) is 10.5. The molecule has 0 aliphatic carbocycles. The van der Waals surface area contributed by atoms with Crippen molar-refractivity contribution in [3.8, 4) is 0 Å². The largest absolute Gasteiger partial charge is 0.378 e. The minimum atomic E-state index is 0.618. The van der Waals surface area contributed by atoms with Crippen LogP contribution in [0.3, 0.4) is 0 Å². The van der Waals surface area contributed by atoms with E-state index in [2.05, 4.69) is 52.8 Å². The van der Waals surface area contributed by atoms with E-state index in [1.54, 1.807) is 0 Å². The summed E-state index contributed by atoms with van der Waals surface area (Å²) < 4.78 is 0. The van der Waals surface area contributed by atoms with Crippen molar-refractivity contribution in [2.24, 2.45) is 11.8 Å². The van der Waals surface area contributed by atoms with Crippen molar-refractivity contribution in [2.45, 2.75) is 98.3 Å². The molecule has 0 saturated heterocycles. The van der Waals surface area contributed by atoms with Gasteiger partial charge in [-0.2, -0.15) is 0 Å². The van der Waals surface area contributed by atoms with Crippen molar-refractivity contribution >= 4 is 0 Å². The third-order valence-electron chi connectivity index (χ3n) is 5.48. The Kier molecular flexibility index (Phi) is 14.2. The molecular weight excluding hydrogens is 290 g/mol. The van der Waals surface area contributed by atoms with Gasteiger partial charge in [0.2, 0.25) is 0 Å². The number of unbranched alkanes of at least 4 members (excludes halogenated alkanes) is 8. The van der Waals surface area contributed by atoms with E-state index in [4.69, 9.17) is 0 Å². The first-order chi connectivity index (χ1) is 11.4. The highest BCUT2D eigenvalue weighted by molar-refractivity contribution is 4.97. The van der Waals surface area contributed by atoms with Crippen LogP contribution < -0.4 is 0 Å². The molecule has 0 aliphatic heterocycles. The fourth-order valence-corrected chi connectivity index (χ4v) is 2.98. The average molecular weight is 336 g/mol. The molecule has 142 valence electrons. The molecule has 0 aliphatic rings. The van der Waals surface area contributed by atoms with Gasteiger partial charge in [0.1, 0.15) is 0 Å². The SMILES string of the molecule is C=C(CCCCCCCCCCCN(C)C(=C)C(C)CC)C(C)C. The second-order valence-electron chi connectivity index (χ2n) is 7.97. The van der Waals surface area contributed by atoms with Crippen LogP contribution in [0.5, 0.6) is 0 Å². The molecule has 0 aromatic heterocycles. The topological polar surface area (TPSA) is 3.24 Å². The average Bonchev–Trinajstić information content (AvgIpc) is 2.57. The van der Waals surface area contributed by atoms with Gasteiger partial charge in [-0.1, -0.05) is 91.4 Å². The molecule has 0 rings (SSSR count). The molecule has 1 unspecified atom stereocenters. The van der Waals surface area contributed by atoms with Crippen LogP contribution in [0.4, 0.5) is 0 Å². The minimum absolute atomic E-state index is 0.618. The first kappa shape index (κ1) is 23.3. The summed E-state index contributed by atoms with van der Waals surface area (Å²) in [6.45, 7) is 18.6. The van der Waals surface area contributed by atoms with E-state index in [1.807, 2.05) is 0 Å². The van der Waals surface area contributed by atoms with Crippen LogP contribution in [-0.4, -0.2) is 18.5 Å². The Morgan fingerprint density at radius 3 is 1.71 bits per heavy atom. The molecule has 0 fully saturated rings. The quantitative estimate of drug-likeness (QED) is 0.207. The van der Waals surface area contributed by atoms with Crippen LogP contribution in [0.15, 0.2) is 24.4 Å². The molecule has 0 bridgehead atoms. The fraction of sp³-hybridized carbons (Fsp3) is 0.826. The Morgan fingerprint density at radius 1 is 0.792 bits per heavy atom. The van der Waals surface area contributed by atoms with Gasteiger partial charge in [-0.05, 0) is 37.5 Å². The van der Waals surface area contributed by atoms with Gasteiger partial charge in [0.25, 0.3) is 0 Å². The van der Waals surface area contributed by atoms with E-state index < -0.39 is 0 Å². The summed E-state index contributed by atoms with van der Waals surface area (Å²) in [6, 6.07) is 0. The minimum Gasteiger partial charge on any atom is -0.378 e. The maximum atomic E-state index is 4.23. The Balaban J connectivity index is 3.37. The molecule has 0 heterocycles. The Hall–Kier alpha value is -0.720. The zero-order chi connectivity index (χ0) is 18.4. The van der Waals surface area contributed by atoms with Crippen molar-refractivity contribution < 1.29 is 0 Å². The van der Waals surface area contributed by atoms with Gasteiger partial charge in [-0.15, -0.1) is 0 Å². The standard InChI is InChI=1S/C23H45N/c1-8-21(4)23(6)24(7)19-17-15-13-11-9-10-12-14-16-18-22(5)20(2)3/h20-21H,5-6,8-19H2,1-4,7H3. The highest BCUT2D eigenvalue weighted by Gasteiger charge is 2.08. The Labute approximate surface area is 153 Å². The predicted molar refractivity (Wildman–Crippen MR) is 111 cm³/mol. The van der Waals surface area contributed by atoms with Gasteiger partial charge in [0.15, 0.2) is 0 Å². The maximum absolute atomic E-state index is 4.23. The summed E-state index contributed by atoms with van der Waals surface area (Å²) in [7, 11) is 2.20. The third kappa shape index (κ3) is 11.8. The lowest BCUT2D eigenvalue weighted by molar-refractivity contribution is 0.351. The molecule has 1 heteroatoms. The van der Waals surface area contributed by atoms with E-state index in [0.29, 0.717) is 11.8 Å². The van der Waals surface area contributed by atoms with E-state index >= 15 is 0 Å². The van der Waals surface area contributed by atoms with Crippen molar-refractivity contribution in [1.82, 2.24) is 4.90 Å². The van der Waals surface area contributed by atoms with Crippen LogP contribution >= 0.6 is 0 Å². The van der Waals surface area contributed by atoms with E-state index in [1.165, 1.54) is 88.4 Å². The zero-order valence-corrected chi connectivity index (χ0v) is 17.5. The monoisotopic (exact) mass is 335 g/mol. The fourth-order valence-electron chi connectivity index (χ4n) is 2.98. The summed E-state index contributed by atoms with van der Waals surface area (Å²) in [5, 5.41) is 0. The summed E-state index contributed by atoms with van der Waals surface area (Å²) in [5.74, 6) is 1.28. The lowest BCUT2D eigenvalue weighted by Crippen LogP contribution is -2.22. The van der Waals surface area contributed by atoms with E-state index in [0.717, 1.165) is 0 Å². The lowest BCUT2D eigenvalue weighted by Gasteiger charge is -2.25. The van der Waals surface area contributed by atoms with Gasteiger partial charge in [0.05, 0.1) is 0 Å². The molecule has 1 nitrogen and oxygen atoms in total. The molecule has 0 aromatic carbocycles. The summed E-state index contributed by atoms with van der Waals surface area (Å²) >= 11 is 0. The van der Waals surface area contributed by atoms with Gasteiger partial charge in [0, 0.05) is 19.3 Å². The predicted octanol–water partition coefficient (Wildman–Crippen LogP) is 7.59. The zero-order valence-electron chi connectivity index (χ0n) is 17.5. The first-order valence-electron chi connectivity index (χ1n) is 10.5. The van der Waals surface area contributed by atoms with Gasteiger partial charge < -0.3 is 4.90 Å². The molecule has 0 radical (unpaired) electrons. The molecule has 0 N–H and O–H groups in total. The molecule has 0 amide bonds. The van der Waals surface area contributed by atoms with Crippen LogP contribution in [0.1, 0.15) is 98.3 Å². The van der Waals surface area contributed by atoms with E-state index in [-0.39, 0.29) is 0 Å². The second-order valence-corrected chi connectivity index (χ2v) is 7.97. The molecule has 1 atom stereocenters. The molecule has 0 spiro atoms. The molecular formula is C23H45N. The Morgan fingerprint density at radius 2 is 1.25 bits per heavy atom. The Bertz CT molecular complexity index is 329. The van der Waals surface area contributed by atoms with Crippen LogP contribution in [0.25, 0.3) is 0 Å². The molecule has 0 saturated carbocycles. The summed E-state index contributed by atoms with van der Waals surface area (Å²) in [5.41, 5.74) is 2.73. The third-order valence-corrected chi connectivity index (χ3v) is 5.48. The molecule has 0 aromatic rings. The summed E-state index contributed by atoms with van der Waals surface area (Å²) in [6.07, 6.45) is 14.9. The van der Waals surface area contributed by atoms with E-state index in [9.17, 15) is 0 Å². The highest BCUT2D eigenvalue weighted by atomic mass is 15.1. The number of hydrogen-bond acceptors (Lipinski definition) is 1.